The van der Waals surface area contributed by atoms with Crippen molar-refractivity contribution in [1.29, 1.82) is 0 Å². The Kier molecular flexibility index (Phi) is 10.8. The average Bonchev–Trinajstić information content (AvgIpc) is 2.58. The molecular weight excluding hydrogens is 300 g/mol. The topological polar surface area (TPSA) is 87.7 Å². The van der Waals surface area contributed by atoms with Gasteiger partial charge in [-0.2, -0.15) is 0 Å². The van der Waals surface area contributed by atoms with E-state index in [0.717, 1.165) is 0 Å². The highest BCUT2D eigenvalue weighted by molar-refractivity contribution is 8.76. The molecule has 1 heterocycles. The minimum absolute atomic E-state index is 0.0875. The molecule has 0 unspecified atom stereocenters. The van der Waals surface area contributed by atoms with Crippen molar-refractivity contribution in [2.24, 2.45) is 0 Å². The van der Waals surface area contributed by atoms with E-state index in [2.05, 4.69) is 10.0 Å². The first kappa shape index (κ1) is 19.4. The standard InChI is InChI=1S/C8H15NO4.C4H9NS2/c1-8(2,3)13-7(12)9-5-4-6(10)11;1-2-4-6-7-5-3-1/h4-5H2,1-3H3,(H,9,12)(H,10,11);5H,1-4H2. The molecule has 1 aliphatic rings. The van der Waals surface area contributed by atoms with Gasteiger partial charge in [0.05, 0.1) is 6.42 Å². The summed E-state index contributed by atoms with van der Waals surface area (Å²) < 4.78 is 8.10. The number of hydrogen-bond donors (Lipinski definition) is 3. The lowest BCUT2D eigenvalue weighted by molar-refractivity contribution is -0.136. The van der Waals surface area contributed by atoms with Gasteiger partial charge in [0, 0.05) is 18.8 Å². The van der Waals surface area contributed by atoms with Gasteiger partial charge < -0.3 is 15.2 Å². The molecule has 1 fully saturated rings. The summed E-state index contributed by atoms with van der Waals surface area (Å²) in [6, 6.07) is 0. The molecule has 0 aromatic rings. The summed E-state index contributed by atoms with van der Waals surface area (Å²) in [6.07, 6.45) is 2.04. The van der Waals surface area contributed by atoms with E-state index in [-0.39, 0.29) is 13.0 Å². The zero-order valence-corrected chi connectivity index (χ0v) is 13.9. The first-order valence-corrected chi connectivity index (χ1v) is 8.83. The van der Waals surface area contributed by atoms with Crippen LogP contribution in [0, 0.1) is 0 Å². The molecule has 118 valence electrons. The summed E-state index contributed by atoms with van der Waals surface area (Å²) in [5.41, 5.74) is -0.548. The minimum atomic E-state index is -0.948. The second-order valence-corrected chi connectivity index (χ2v) is 7.39. The van der Waals surface area contributed by atoms with Crippen molar-refractivity contribution in [2.45, 2.75) is 45.6 Å². The molecule has 0 aromatic heterocycles. The van der Waals surface area contributed by atoms with Crippen molar-refractivity contribution < 1.29 is 19.4 Å². The summed E-state index contributed by atoms with van der Waals surface area (Å²) in [5.74, 6) is 0.369. The first-order valence-electron chi connectivity index (χ1n) is 6.51. The van der Waals surface area contributed by atoms with E-state index in [1.54, 1.807) is 31.8 Å². The predicted octanol–water partition coefficient (Wildman–Crippen LogP) is 2.65. The molecule has 6 nitrogen and oxygen atoms in total. The Morgan fingerprint density at radius 2 is 2.05 bits per heavy atom. The molecule has 1 aliphatic heterocycles. The molecule has 0 atom stereocenters. The maximum Gasteiger partial charge on any atom is 0.407 e. The summed E-state index contributed by atoms with van der Waals surface area (Å²) >= 11 is 0. The normalized spacial score (nSPS) is 15.3. The van der Waals surface area contributed by atoms with Gasteiger partial charge in [-0.05, 0) is 44.6 Å². The lowest BCUT2D eigenvalue weighted by Gasteiger charge is -2.19. The average molecular weight is 324 g/mol. The van der Waals surface area contributed by atoms with E-state index in [0.29, 0.717) is 0 Å². The van der Waals surface area contributed by atoms with Gasteiger partial charge in [0.1, 0.15) is 5.60 Å². The molecule has 1 saturated heterocycles. The van der Waals surface area contributed by atoms with Crippen LogP contribution in [0.15, 0.2) is 0 Å². The molecule has 20 heavy (non-hydrogen) atoms. The highest BCUT2D eigenvalue weighted by Crippen LogP contribution is 2.21. The number of amides is 1. The first-order chi connectivity index (χ1) is 9.31. The number of aliphatic carboxylic acids is 1. The number of hydrogen-bond acceptors (Lipinski definition) is 6. The summed E-state index contributed by atoms with van der Waals surface area (Å²) in [5, 5.41) is 10.6. The largest absolute Gasteiger partial charge is 0.481 e. The molecule has 1 amide bonds. The number of carbonyl (C=O) groups excluding carboxylic acids is 1. The van der Waals surface area contributed by atoms with Crippen molar-refractivity contribution in [3.63, 3.8) is 0 Å². The molecule has 3 N–H and O–H groups in total. The lowest BCUT2D eigenvalue weighted by atomic mass is 10.2. The maximum atomic E-state index is 10.9. The Labute approximate surface area is 128 Å². The molecule has 0 spiro atoms. The Morgan fingerprint density at radius 3 is 2.65 bits per heavy atom. The van der Waals surface area contributed by atoms with Crippen LogP contribution < -0.4 is 10.0 Å². The highest BCUT2D eigenvalue weighted by atomic mass is 33.1. The van der Waals surface area contributed by atoms with Crippen molar-refractivity contribution in [1.82, 2.24) is 10.0 Å². The molecule has 0 aromatic carbocycles. The number of ether oxygens (including phenoxy) is 1. The Hall–Kier alpha value is -0.600. The Morgan fingerprint density at radius 1 is 1.35 bits per heavy atom. The van der Waals surface area contributed by atoms with Crippen molar-refractivity contribution in [3.05, 3.63) is 0 Å². The smallest absolute Gasteiger partial charge is 0.407 e. The number of nitrogens with one attached hydrogen (secondary N) is 2. The second-order valence-electron chi connectivity index (χ2n) is 5.08. The van der Waals surface area contributed by atoms with Crippen LogP contribution in [0.3, 0.4) is 0 Å². The SMILES string of the molecule is C1CCSSNC1.CC(C)(C)OC(=O)NCCC(=O)O. The van der Waals surface area contributed by atoms with Gasteiger partial charge in [-0.25, -0.2) is 4.79 Å². The second kappa shape index (κ2) is 11.1. The third-order valence-electron chi connectivity index (χ3n) is 1.88. The van der Waals surface area contributed by atoms with Gasteiger partial charge >= 0.3 is 12.1 Å². The monoisotopic (exact) mass is 324 g/mol. The van der Waals surface area contributed by atoms with Crippen molar-refractivity contribution >= 4 is 33.8 Å². The van der Waals surface area contributed by atoms with Crippen LogP contribution in [0.4, 0.5) is 4.79 Å². The fourth-order valence-electron chi connectivity index (χ4n) is 1.07. The molecule has 0 bridgehead atoms. The van der Waals surface area contributed by atoms with Gasteiger partial charge in [0.25, 0.3) is 0 Å². The van der Waals surface area contributed by atoms with Crippen LogP contribution >= 0.6 is 21.8 Å². The molecule has 0 saturated carbocycles. The number of carboxylic acids is 1. The summed E-state index contributed by atoms with van der Waals surface area (Å²) in [7, 11) is 3.70. The van der Waals surface area contributed by atoms with Crippen LogP contribution in [-0.2, 0) is 9.53 Å². The number of alkyl carbamates (subject to hydrolysis) is 1. The molecular formula is C12H24N2O4S2. The van der Waals surface area contributed by atoms with E-state index >= 15 is 0 Å². The van der Waals surface area contributed by atoms with Gasteiger partial charge in [0.15, 0.2) is 0 Å². The minimum Gasteiger partial charge on any atom is -0.481 e. The Balaban J connectivity index is 0.000000428. The van der Waals surface area contributed by atoms with Crippen LogP contribution in [0.25, 0.3) is 0 Å². The van der Waals surface area contributed by atoms with Crippen LogP contribution in [0.5, 0.6) is 0 Å². The van der Waals surface area contributed by atoms with Crippen LogP contribution in [0.1, 0.15) is 40.0 Å². The summed E-state index contributed by atoms with van der Waals surface area (Å²) in [6.45, 7) is 6.50. The van der Waals surface area contributed by atoms with Crippen LogP contribution in [-0.4, -0.2) is 41.6 Å². The molecule has 8 heteroatoms. The van der Waals surface area contributed by atoms with E-state index in [1.165, 1.54) is 25.1 Å². The molecule has 1 rings (SSSR count). The number of carboxylic acid groups (broad SMARTS) is 1. The van der Waals surface area contributed by atoms with Gasteiger partial charge in [-0.3, -0.25) is 9.52 Å². The summed E-state index contributed by atoms with van der Waals surface area (Å²) in [4.78, 5) is 21.0. The number of carbonyl (C=O) groups is 2. The zero-order valence-electron chi connectivity index (χ0n) is 12.2. The maximum absolute atomic E-state index is 10.9. The van der Waals surface area contributed by atoms with E-state index in [4.69, 9.17) is 9.84 Å². The van der Waals surface area contributed by atoms with Gasteiger partial charge in [-0.15, -0.1) is 0 Å². The van der Waals surface area contributed by atoms with Gasteiger partial charge in [0.2, 0.25) is 0 Å². The van der Waals surface area contributed by atoms with Crippen LogP contribution in [0.2, 0.25) is 0 Å². The van der Waals surface area contributed by atoms with Crippen molar-refractivity contribution in [2.75, 3.05) is 18.8 Å². The predicted molar refractivity (Wildman–Crippen MR) is 83.8 cm³/mol. The van der Waals surface area contributed by atoms with E-state index in [9.17, 15) is 9.59 Å². The highest BCUT2D eigenvalue weighted by Gasteiger charge is 2.15. The quantitative estimate of drug-likeness (QED) is 0.543. The molecule has 0 aliphatic carbocycles. The third kappa shape index (κ3) is 15.5. The van der Waals surface area contributed by atoms with Gasteiger partial charge in [-0.1, -0.05) is 10.8 Å². The van der Waals surface area contributed by atoms with E-state index in [1.807, 2.05) is 10.8 Å². The number of rotatable bonds is 3. The van der Waals surface area contributed by atoms with E-state index < -0.39 is 17.7 Å². The zero-order chi connectivity index (χ0) is 15.4. The fraction of sp³-hybridized carbons (Fsp3) is 0.833. The third-order valence-corrected chi connectivity index (χ3v) is 3.98. The fourth-order valence-corrected chi connectivity index (χ4v) is 2.89. The van der Waals surface area contributed by atoms with Crippen molar-refractivity contribution in [3.8, 4) is 0 Å². The molecule has 0 radical (unpaired) electrons. The lowest BCUT2D eigenvalue weighted by Crippen LogP contribution is -2.33. The Bertz CT molecular complexity index is 276.